The Morgan fingerprint density at radius 1 is 1.15 bits per heavy atom. The van der Waals surface area contributed by atoms with Gasteiger partial charge in [0, 0.05) is 29.1 Å². The number of thiophene rings is 1. The molecule has 1 saturated heterocycles. The molecule has 4 heterocycles. The molecule has 3 nitrogen and oxygen atoms in total. The quantitative estimate of drug-likeness (QED) is 0.806. The maximum absolute atomic E-state index is 5.98. The highest BCUT2D eigenvalue weighted by Gasteiger charge is 2.23. The monoisotopic (exact) mass is 284 g/mol. The van der Waals surface area contributed by atoms with E-state index < -0.39 is 0 Å². The fourth-order valence-corrected chi connectivity index (χ4v) is 3.77. The molecule has 0 radical (unpaired) electrons. The van der Waals surface area contributed by atoms with Crippen LogP contribution in [0.3, 0.4) is 0 Å². The van der Waals surface area contributed by atoms with E-state index in [2.05, 4.69) is 27.8 Å². The topological polar surface area (TPSA) is 34.2 Å². The Morgan fingerprint density at radius 3 is 2.95 bits per heavy atom. The van der Waals surface area contributed by atoms with E-state index >= 15 is 0 Å². The molecule has 0 saturated carbocycles. The molecule has 1 N–H and O–H groups in total. The molecule has 1 fully saturated rings. The fraction of sp³-hybridized carbons (Fsp3) is 0.312. The molecule has 0 aromatic carbocycles. The number of pyridine rings is 1. The second-order valence-corrected chi connectivity index (χ2v) is 6.05. The zero-order valence-electron chi connectivity index (χ0n) is 11.2. The standard InChI is InChI=1S/C16H16N2OS/c1-5-17-6-2-11(1)15-13-4-8-20-16(13)19-10-12-3-7-18-9-14(12)15/h3-4,7-9,17H,1-2,5-6,10H2. The number of fused-ring (bicyclic) bond motifs is 2. The van der Waals surface area contributed by atoms with Crippen LogP contribution in [0, 0.1) is 0 Å². The molecule has 0 bridgehead atoms. The smallest absolute Gasteiger partial charge is 0.182 e. The van der Waals surface area contributed by atoms with Crippen molar-refractivity contribution in [3.63, 3.8) is 0 Å². The lowest BCUT2D eigenvalue weighted by Gasteiger charge is -2.20. The summed E-state index contributed by atoms with van der Waals surface area (Å²) in [4.78, 5) is 4.34. The third-order valence-corrected chi connectivity index (χ3v) is 4.82. The van der Waals surface area contributed by atoms with Gasteiger partial charge in [0.1, 0.15) is 6.61 Å². The van der Waals surface area contributed by atoms with Gasteiger partial charge >= 0.3 is 0 Å². The van der Waals surface area contributed by atoms with Crippen LogP contribution < -0.4 is 10.1 Å². The summed E-state index contributed by atoms with van der Waals surface area (Å²) < 4.78 is 5.98. The highest BCUT2D eigenvalue weighted by molar-refractivity contribution is 7.12. The van der Waals surface area contributed by atoms with Gasteiger partial charge in [0.15, 0.2) is 5.06 Å². The van der Waals surface area contributed by atoms with E-state index in [1.54, 1.807) is 11.3 Å². The highest BCUT2D eigenvalue weighted by atomic mass is 32.1. The molecule has 4 heteroatoms. The van der Waals surface area contributed by atoms with Crippen molar-refractivity contribution in [2.75, 3.05) is 13.1 Å². The summed E-state index contributed by atoms with van der Waals surface area (Å²) in [6, 6.07) is 4.26. The average Bonchev–Trinajstić information content (AvgIpc) is 2.90. The molecular formula is C16H16N2OS. The number of aromatic nitrogens is 1. The van der Waals surface area contributed by atoms with Crippen molar-refractivity contribution in [2.24, 2.45) is 0 Å². The van der Waals surface area contributed by atoms with Gasteiger partial charge in [0.2, 0.25) is 0 Å². The maximum atomic E-state index is 5.98. The number of rotatable bonds is 0. The van der Waals surface area contributed by atoms with E-state index in [4.69, 9.17) is 4.74 Å². The van der Waals surface area contributed by atoms with Crippen LogP contribution in [0.15, 0.2) is 35.5 Å². The predicted molar refractivity (Wildman–Crippen MR) is 81.0 cm³/mol. The van der Waals surface area contributed by atoms with E-state index in [0.29, 0.717) is 6.61 Å². The van der Waals surface area contributed by atoms with E-state index in [9.17, 15) is 0 Å². The zero-order valence-corrected chi connectivity index (χ0v) is 12.0. The second-order valence-electron chi connectivity index (χ2n) is 5.17. The van der Waals surface area contributed by atoms with Crippen LogP contribution in [0.25, 0.3) is 5.57 Å². The van der Waals surface area contributed by atoms with Crippen LogP contribution in [0.1, 0.15) is 29.5 Å². The summed E-state index contributed by atoms with van der Waals surface area (Å²) in [6.07, 6.45) is 6.07. The van der Waals surface area contributed by atoms with Crippen molar-refractivity contribution >= 4 is 16.9 Å². The van der Waals surface area contributed by atoms with Crippen LogP contribution in [0.2, 0.25) is 0 Å². The van der Waals surface area contributed by atoms with Crippen molar-refractivity contribution in [1.82, 2.24) is 10.3 Å². The Labute approximate surface area is 122 Å². The largest absolute Gasteiger partial charge is 0.479 e. The van der Waals surface area contributed by atoms with Crippen LogP contribution in [0.5, 0.6) is 5.06 Å². The molecule has 0 spiro atoms. The summed E-state index contributed by atoms with van der Waals surface area (Å²) in [7, 11) is 0. The molecule has 2 aliphatic rings. The Hall–Kier alpha value is -1.65. The second kappa shape index (κ2) is 5.04. The first-order valence-corrected chi connectivity index (χ1v) is 7.88. The Balaban J connectivity index is 1.96. The Kier molecular flexibility index (Phi) is 3.05. The average molecular weight is 284 g/mol. The molecule has 102 valence electrons. The van der Waals surface area contributed by atoms with Gasteiger partial charge in [-0.1, -0.05) is 5.57 Å². The summed E-state index contributed by atoms with van der Waals surface area (Å²) in [5.74, 6) is 0. The number of piperidine rings is 1. The van der Waals surface area contributed by atoms with E-state index in [1.807, 2.05) is 12.4 Å². The van der Waals surface area contributed by atoms with Gasteiger partial charge in [-0.05, 0) is 49.0 Å². The van der Waals surface area contributed by atoms with E-state index in [1.165, 1.54) is 27.8 Å². The first kappa shape index (κ1) is 12.1. The van der Waals surface area contributed by atoms with Crippen molar-refractivity contribution in [3.05, 3.63) is 52.2 Å². The third-order valence-electron chi connectivity index (χ3n) is 4.00. The van der Waals surface area contributed by atoms with Crippen molar-refractivity contribution in [2.45, 2.75) is 19.4 Å². The summed E-state index contributed by atoms with van der Waals surface area (Å²) in [6.45, 7) is 2.77. The molecule has 0 aliphatic carbocycles. The van der Waals surface area contributed by atoms with Crippen LogP contribution in [0.4, 0.5) is 0 Å². The van der Waals surface area contributed by atoms with Crippen LogP contribution in [-0.4, -0.2) is 18.1 Å². The predicted octanol–water partition coefficient (Wildman–Crippen LogP) is 3.22. The number of nitrogens with zero attached hydrogens (tertiary/aromatic N) is 1. The van der Waals surface area contributed by atoms with Crippen molar-refractivity contribution in [1.29, 1.82) is 0 Å². The summed E-state index contributed by atoms with van der Waals surface area (Å²) in [5, 5.41) is 6.60. The van der Waals surface area contributed by atoms with Gasteiger partial charge in [0.25, 0.3) is 0 Å². The number of hydrogen-bond donors (Lipinski definition) is 1. The molecule has 0 amide bonds. The van der Waals surface area contributed by atoms with Gasteiger partial charge < -0.3 is 10.1 Å². The molecular weight excluding hydrogens is 268 g/mol. The number of nitrogens with one attached hydrogen (secondary N) is 1. The first-order valence-electron chi connectivity index (χ1n) is 7.00. The maximum Gasteiger partial charge on any atom is 0.182 e. The van der Waals surface area contributed by atoms with Crippen molar-refractivity contribution in [3.8, 4) is 5.06 Å². The normalized spacial score (nSPS) is 18.0. The number of ether oxygens (including phenoxy) is 1. The lowest BCUT2D eigenvalue weighted by molar-refractivity contribution is 0.316. The zero-order chi connectivity index (χ0) is 13.4. The van der Waals surface area contributed by atoms with Crippen molar-refractivity contribution < 1.29 is 4.74 Å². The minimum atomic E-state index is 0.639. The van der Waals surface area contributed by atoms with Gasteiger partial charge in [-0.2, -0.15) is 0 Å². The Morgan fingerprint density at radius 2 is 2.05 bits per heavy atom. The Bertz CT molecular complexity index is 667. The van der Waals surface area contributed by atoms with Gasteiger partial charge in [-0.25, -0.2) is 0 Å². The van der Waals surface area contributed by atoms with Gasteiger partial charge in [0.05, 0.1) is 0 Å². The van der Waals surface area contributed by atoms with Crippen LogP contribution in [-0.2, 0) is 6.61 Å². The van der Waals surface area contributed by atoms with E-state index in [0.717, 1.165) is 31.0 Å². The molecule has 0 unspecified atom stereocenters. The third kappa shape index (κ3) is 1.96. The summed E-state index contributed by atoms with van der Waals surface area (Å²) in [5.41, 5.74) is 6.64. The summed E-state index contributed by atoms with van der Waals surface area (Å²) >= 11 is 1.68. The van der Waals surface area contributed by atoms with Gasteiger partial charge in [-0.15, -0.1) is 11.3 Å². The SMILES string of the molecule is c1cc2c(cn1)C(=C1CCNCC1)c1ccsc1OC2. The van der Waals surface area contributed by atoms with Gasteiger partial charge in [-0.3, -0.25) is 4.98 Å². The molecule has 20 heavy (non-hydrogen) atoms. The highest BCUT2D eigenvalue weighted by Crippen LogP contribution is 2.42. The fourth-order valence-electron chi connectivity index (χ4n) is 3.01. The lowest BCUT2D eigenvalue weighted by atomic mass is 9.89. The molecule has 4 rings (SSSR count). The molecule has 2 aliphatic heterocycles. The molecule has 2 aromatic heterocycles. The first-order chi connectivity index (χ1) is 9.93. The number of hydrogen-bond acceptors (Lipinski definition) is 4. The lowest BCUT2D eigenvalue weighted by Crippen LogP contribution is -2.23. The minimum absolute atomic E-state index is 0.639. The molecule has 0 atom stereocenters. The molecule has 2 aromatic rings. The minimum Gasteiger partial charge on any atom is -0.479 e. The van der Waals surface area contributed by atoms with Crippen LogP contribution >= 0.6 is 11.3 Å². The van der Waals surface area contributed by atoms with E-state index in [-0.39, 0.29) is 0 Å².